The molecule has 2 bridgehead atoms. The van der Waals surface area contributed by atoms with E-state index in [1.54, 1.807) is 0 Å². The molecule has 3 rings (SSSR count). The molecule has 0 aromatic heterocycles. The number of hydrogen-bond acceptors (Lipinski definition) is 2. The monoisotopic (exact) mass is 251 g/mol. The highest BCUT2D eigenvalue weighted by atomic mass is 16.5. The third-order valence-corrected chi connectivity index (χ3v) is 4.89. The Bertz CT molecular complexity index is 353. The van der Waals surface area contributed by atoms with Gasteiger partial charge in [0.05, 0.1) is 18.2 Å². The first kappa shape index (κ1) is 12.3. The van der Waals surface area contributed by atoms with Crippen molar-refractivity contribution in [3.63, 3.8) is 0 Å². The summed E-state index contributed by atoms with van der Waals surface area (Å²) in [6.07, 6.45) is 5.81. The first-order chi connectivity index (χ1) is 8.58. The van der Waals surface area contributed by atoms with Gasteiger partial charge < -0.3 is 15.4 Å². The van der Waals surface area contributed by atoms with E-state index in [4.69, 9.17) is 4.74 Å². The summed E-state index contributed by atoms with van der Waals surface area (Å²) in [5.74, 6) is 1.74. The highest BCUT2D eigenvalue weighted by Gasteiger charge is 2.45. The lowest BCUT2D eigenvalue weighted by molar-refractivity contribution is 0.0992. The highest BCUT2D eigenvalue weighted by Crippen LogP contribution is 2.50. The van der Waals surface area contributed by atoms with E-state index in [9.17, 15) is 0 Å². The van der Waals surface area contributed by atoms with Crippen LogP contribution in [0.15, 0.2) is 4.99 Å². The molecule has 2 saturated heterocycles. The fraction of sp³-hybridized carbons (Fsp3) is 0.929. The van der Waals surface area contributed by atoms with Crippen LogP contribution >= 0.6 is 0 Å². The first-order valence-corrected chi connectivity index (χ1v) is 7.21. The van der Waals surface area contributed by atoms with Gasteiger partial charge in [0.15, 0.2) is 5.96 Å². The Morgan fingerprint density at radius 1 is 1.39 bits per heavy atom. The summed E-state index contributed by atoms with van der Waals surface area (Å²) in [7, 11) is 1.85. The number of nitrogens with one attached hydrogen (secondary N) is 2. The number of rotatable bonds is 3. The summed E-state index contributed by atoms with van der Waals surface area (Å²) in [4.78, 5) is 4.32. The van der Waals surface area contributed by atoms with Crippen LogP contribution in [0.1, 0.15) is 39.5 Å². The van der Waals surface area contributed by atoms with Gasteiger partial charge in [-0.15, -0.1) is 0 Å². The summed E-state index contributed by atoms with van der Waals surface area (Å²) in [6, 6.07) is 0.460. The van der Waals surface area contributed by atoms with Crippen LogP contribution in [0, 0.1) is 11.3 Å². The standard InChI is InChI=1S/C14H25N3O/c1-14(2)7-9(14)8-16-13(15-3)17-11-6-10-4-5-12(11)18-10/h9-12H,4-8H2,1-3H3,(H2,15,16,17). The molecule has 0 amide bonds. The summed E-state index contributed by atoms with van der Waals surface area (Å²) in [5.41, 5.74) is 0.529. The lowest BCUT2D eigenvalue weighted by atomic mass is 9.96. The summed E-state index contributed by atoms with van der Waals surface area (Å²) >= 11 is 0. The Kier molecular flexibility index (Phi) is 3.00. The van der Waals surface area contributed by atoms with Crippen molar-refractivity contribution in [1.29, 1.82) is 0 Å². The van der Waals surface area contributed by atoms with Crippen molar-refractivity contribution in [2.75, 3.05) is 13.6 Å². The van der Waals surface area contributed by atoms with Gasteiger partial charge in [0, 0.05) is 13.6 Å². The van der Waals surface area contributed by atoms with Crippen molar-refractivity contribution < 1.29 is 4.74 Å². The lowest BCUT2D eigenvalue weighted by Crippen LogP contribution is -2.47. The lowest BCUT2D eigenvalue weighted by Gasteiger charge is -2.22. The van der Waals surface area contributed by atoms with Gasteiger partial charge in [0.2, 0.25) is 0 Å². The van der Waals surface area contributed by atoms with Gasteiger partial charge in [-0.2, -0.15) is 0 Å². The maximum absolute atomic E-state index is 5.86. The van der Waals surface area contributed by atoms with E-state index in [1.807, 2.05) is 7.05 Å². The van der Waals surface area contributed by atoms with Crippen molar-refractivity contribution in [3.05, 3.63) is 0 Å². The summed E-state index contributed by atoms with van der Waals surface area (Å²) in [6.45, 7) is 5.70. The number of ether oxygens (including phenoxy) is 1. The average Bonchev–Trinajstić information content (AvgIpc) is 2.74. The number of guanidine groups is 1. The smallest absolute Gasteiger partial charge is 0.191 e. The number of hydrogen-bond donors (Lipinski definition) is 2. The van der Waals surface area contributed by atoms with Crippen molar-refractivity contribution in [1.82, 2.24) is 10.6 Å². The quantitative estimate of drug-likeness (QED) is 0.590. The predicted molar refractivity (Wildman–Crippen MR) is 72.7 cm³/mol. The molecule has 2 N–H and O–H groups in total. The fourth-order valence-corrected chi connectivity index (χ4v) is 3.30. The first-order valence-electron chi connectivity index (χ1n) is 7.21. The van der Waals surface area contributed by atoms with Crippen LogP contribution in [0.5, 0.6) is 0 Å². The molecule has 102 valence electrons. The van der Waals surface area contributed by atoms with E-state index in [0.29, 0.717) is 23.7 Å². The van der Waals surface area contributed by atoms with Crippen molar-refractivity contribution >= 4 is 5.96 Å². The molecule has 0 aromatic rings. The molecule has 4 unspecified atom stereocenters. The Morgan fingerprint density at radius 3 is 2.67 bits per heavy atom. The van der Waals surface area contributed by atoms with Gasteiger partial charge in [0.1, 0.15) is 0 Å². The van der Waals surface area contributed by atoms with E-state index in [-0.39, 0.29) is 0 Å². The van der Waals surface area contributed by atoms with E-state index >= 15 is 0 Å². The predicted octanol–water partition coefficient (Wildman–Crippen LogP) is 1.52. The molecule has 18 heavy (non-hydrogen) atoms. The van der Waals surface area contributed by atoms with Gasteiger partial charge in [0.25, 0.3) is 0 Å². The van der Waals surface area contributed by atoms with Crippen molar-refractivity contribution in [2.24, 2.45) is 16.3 Å². The van der Waals surface area contributed by atoms with E-state index in [2.05, 4.69) is 29.5 Å². The van der Waals surface area contributed by atoms with Crippen LogP contribution < -0.4 is 10.6 Å². The second kappa shape index (κ2) is 4.41. The molecular weight excluding hydrogens is 226 g/mol. The summed E-state index contributed by atoms with van der Waals surface area (Å²) < 4.78 is 5.86. The van der Waals surface area contributed by atoms with Gasteiger partial charge >= 0.3 is 0 Å². The van der Waals surface area contributed by atoms with E-state index < -0.39 is 0 Å². The minimum atomic E-state index is 0.408. The zero-order chi connectivity index (χ0) is 12.8. The highest BCUT2D eigenvalue weighted by molar-refractivity contribution is 5.80. The number of aliphatic imine (C=N–C) groups is 1. The molecule has 0 radical (unpaired) electrons. The zero-order valence-corrected chi connectivity index (χ0v) is 11.7. The second-order valence-electron chi connectivity index (χ2n) is 6.70. The zero-order valence-electron chi connectivity index (χ0n) is 11.7. The number of fused-ring (bicyclic) bond motifs is 2. The molecule has 4 heteroatoms. The summed E-state index contributed by atoms with van der Waals surface area (Å²) in [5, 5.41) is 6.98. The molecule has 0 spiro atoms. The molecular formula is C14H25N3O. The van der Waals surface area contributed by atoms with Crippen LogP contribution in [-0.4, -0.2) is 37.8 Å². The van der Waals surface area contributed by atoms with Crippen LogP contribution in [0.25, 0.3) is 0 Å². The van der Waals surface area contributed by atoms with Gasteiger partial charge in [-0.05, 0) is 37.0 Å². The minimum absolute atomic E-state index is 0.408. The normalized spacial score (nSPS) is 40.9. The third-order valence-electron chi connectivity index (χ3n) is 4.89. The maximum Gasteiger partial charge on any atom is 0.191 e. The SMILES string of the molecule is CN=C(NCC1CC1(C)C)NC1CC2CCC1O2. The minimum Gasteiger partial charge on any atom is -0.373 e. The van der Waals surface area contributed by atoms with Crippen LogP contribution in [-0.2, 0) is 4.74 Å². The molecule has 3 aliphatic rings. The Morgan fingerprint density at radius 2 is 2.17 bits per heavy atom. The van der Waals surface area contributed by atoms with Gasteiger partial charge in [-0.3, -0.25) is 4.99 Å². The van der Waals surface area contributed by atoms with Crippen molar-refractivity contribution in [2.45, 2.75) is 57.8 Å². The average molecular weight is 251 g/mol. The Labute approximate surface area is 110 Å². The van der Waals surface area contributed by atoms with E-state index in [1.165, 1.54) is 19.3 Å². The fourth-order valence-electron chi connectivity index (χ4n) is 3.30. The molecule has 0 aromatic carbocycles. The molecule has 2 aliphatic heterocycles. The molecule has 1 saturated carbocycles. The van der Waals surface area contributed by atoms with E-state index in [0.717, 1.165) is 24.8 Å². The second-order valence-corrected chi connectivity index (χ2v) is 6.70. The third kappa shape index (κ3) is 2.35. The molecule has 2 heterocycles. The van der Waals surface area contributed by atoms with Gasteiger partial charge in [-0.1, -0.05) is 13.8 Å². The van der Waals surface area contributed by atoms with Crippen LogP contribution in [0.4, 0.5) is 0 Å². The molecule has 3 fully saturated rings. The number of nitrogens with zero attached hydrogens (tertiary/aromatic N) is 1. The van der Waals surface area contributed by atoms with Crippen LogP contribution in [0.3, 0.4) is 0 Å². The van der Waals surface area contributed by atoms with Gasteiger partial charge in [-0.25, -0.2) is 0 Å². The Hall–Kier alpha value is -0.770. The molecule has 4 atom stereocenters. The topological polar surface area (TPSA) is 45.7 Å². The molecule has 1 aliphatic carbocycles. The molecule has 4 nitrogen and oxygen atoms in total. The maximum atomic E-state index is 5.86. The Balaban J connectivity index is 1.45. The van der Waals surface area contributed by atoms with Crippen molar-refractivity contribution in [3.8, 4) is 0 Å². The van der Waals surface area contributed by atoms with Crippen LogP contribution in [0.2, 0.25) is 0 Å². The largest absolute Gasteiger partial charge is 0.373 e.